The molecule has 92 valence electrons. The highest BCUT2D eigenvalue weighted by molar-refractivity contribution is 5.76. The van der Waals surface area contributed by atoms with E-state index < -0.39 is 5.03 Å². The Kier molecular flexibility index (Phi) is 4.48. The predicted octanol–water partition coefficient (Wildman–Crippen LogP) is 0.144. The second-order valence-electron chi connectivity index (χ2n) is 4.31. The molecule has 3 N–H and O–H groups in total. The Hall–Kier alpha value is -1.37. The molecule has 2 unspecified atom stereocenters. The fourth-order valence-electron chi connectivity index (χ4n) is 1.67. The Morgan fingerprint density at radius 1 is 1.75 bits per heavy atom. The number of nitrogens with zero attached hydrogens (tertiary/aromatic N) is 2. The monoisotopic (exact) mass is 230 g/mol. The van der Waals surface area contributed by atoms with E-state index in [1.807, 2.05) is 5.43 Å². The van der Waals surface area contributed by atoms with Crippen molar-refractivity contribution in [3.8, 4) is 0 Å². The minimum atomic E-state index is -0.721. The van der Waals surface area contributed by atoms with Crippen LogP contribution in [0.1, 0.15) is 20.3 Å². The fraction of sp³-hybridized carbons (Fsp3) is 0.889. The van der Waals surface area contributed by atoms with Gasteiger partial charge in [-0.05, 0) is 12.3 Å². The van der Waals surface area contributed by atoms with Gasteiger partial charge in [-0.25, -0.2) is 15.1 Å². The molecular formula is C9H18N4O3. The quantitative estimate of drug-likeness (QED) is 0.309. The van der Waals surface area contributed by atoms with E-state index in [2.05, 4.69) is 18.8 Å². The van der Waals surface area contributed by atoms with Crippen LogP contribution in [0, 0.1) is 22.0 Å². The molecule has 0 bridgehead atoms. The van der Waals surface area contributed by atoms with Crippen LogP contribution < -0.4 is 11.2 Å². The number of hydrogen-bond acceptors (Lipinski definition) is 4. The van der Waals surface area contributed by atoms with Gasteiger partial charge in [0.25, 0.3) is 5.96 Å². The number of nitrogens with one attached hydrogen (secondary N) is 1. The molecule has 0 spiro atoms. The first-order valence-electron chi connectivity index (χ1n) is 5.31. The second-order valence-corrected chi connectivity index (χ2v) is 4.31. The lowest BCUT2D eigenvalue weighted by Gasteiger charge is -2.12. The zero-order valence-electron chi connectivity index (χ0n) is 9.55. The number of hydrazine groups is 1. The van der Waals surface area contributed by atoms with Crippen LogP contribution >= 0.6 is 0 Å². The summed E-state index contributed by atoms with van der Waals surface area (Å²) in [6.45, 7) is 5.34. The summed E-state index contributed by atoms with van der Waals surface area (Å²) in [5.41, 5.74) is 7.11. The Morgan fingerprint density at radius 3 is 2.94 bits per heavy atom. The molecule has 0 aromatic rings. The van der Waals surface area contributed by atoms with Gasteiger partial charge < -0.3 is 10.5 Å². The van der Waals surface area contributed by atoms with Crippen molar-refractivity contribution in [3.05, 3.63) is 10.1 Å². The maximum atomic E-state index is 10.1. The number of nitrogens with two attached hydrogens (primary N) is 1. The number of hydrogen-bond donors (Lipinski definition) is 2. The second kappa shape index (κ2) is 5.64. The molecule has 0 aliphatic carbocycles. The maximum absolute atomic E-state index is 10.1. The van der Waals surface area contributed by atoms with Crippen LogP contribution in [0.4, 0.5) is 0 Å². The van der Waals surface area contributed by atoms with Crippen LogP contribution in [0.5, 0.6) is 0 Å². The highest BCUT2D eigenvalue weighted by Gasteiger charge is 2.27. The van der Waals surface area contributed by atoms with Crippen molar-refractivity contribution in [2.45, 2.75) is 26.4 Å². The summed E-state index contributed by atoms with van der Waals surface area (Å²) in [4.78, 5) is 14.0. The lowest BCUT2D eigenvalue weighted by atomic mass is 9.99. The van der Waals surface area contributed by atoms with Gasteiger partial charge in [-0.3, -0.25) is 0 Å². The summed E-state index contributed by atoms with van der Waals surface area (Å²) in [7, 11) is 0. The lowest BCUT2D eigenvalue weighted by Crippen LogP contribution is -2.36. The topological polar surface area (TPSA) is 103 Å². The van der Waals surface area contributed by atoms with Crippen molar-refractivity contribution >= 4 is 5.96 Å². The van der Waals surface area contributed by atoms with Gasteiger partial charge in [0.1, 0.15) is 0 Å². The molecule has 0 radical (unpaired) electrons. The van der Waals surface area contributed by atoms with Crippen LogP contribution in [0.2, 0.25) is 0 Å². The van der Waals surface area contributed by atoms with Crippen LogP contribution in [-0.4, -0.2) is 30.2 Å². The van der Waals surface area contributed by atoms with Crippen LogP contribution in [0.15, 0.2) is 4.99 Å². The molecule has 0 amide bonds. The molecule has 1 saturated heterocycles. The van der Waals surface area contributed by atoms with Crippen molar-refractivity contribution in [2.24, 2.45) is 22.6 Å². The third-order valence-corrected chi connectivity index (χ3v) is 2.58. The average Bonchev–Trinajstić information content (AvgIpc) is 2.61. The molecule has 0 aromatic carbocycles. The van der Waals surface area contributed by atoms with Crippen molar-refractivity contribution in [1.29, 1.82) is 0 Å². The van der Waals surface area contributed by atoms with Gasteiger partial charge in [0.15, 0.2) is 5.03 Å². The molecule has 1 aliphatic heterocycles. The summed E-state index contributed by atoms with van der Waals surface area (Å²) in [5, 5.41) is 9.33. The molecule has 7 nitrogen and oxygen atoms in total. The minimum absolute atomic E-state index is 0.155. The molecule has 16 heavy (non-hydrogen) atoms. The van der Waals surface area contributed by atoms with Gasteiger partial charge in [0.2, 0.25) is 0 Å². The molecule has 7 heteroatoms. The number of ether oxygens (including phenoxy) is 1. The number of nitro groups is 1. The van der Waals surface area contributed by atoms with Gasteiger partial charge in [-0.15, -0.1) is 0 Å². The molecule has 0 aromatic heterocycles. The van der Waals surface area contributed by atoms with Crippen LogP contribution in [-0.2, 0) is 4.74 Å². The van der Waals surface area contributed by atoms with Crippen molar-refractivity contribution in [3.63, 3.8) is 0 Å². The van der Waals surface area contributed by atoms with E-state index in [0.717, 1.165) is 6.42 Å². The zero-order chi connectivity index (χ0) is 12.1. The minimum Gasteiger partial charge on any atom is -0.378 e. The molecule has 1 fully saturated rings. The van der Waals surface area contributed by atoms with E-state index in [-0.39, 0.29) is 12.1 Å². The van der Waals surface area contributed by atoms with E-state index >= 15 is 0 Å². The molecule has 1 aliphatic rings. The van der Waals surface area contributed by atoms with Crippen LogP contribution in [0.3, 0.4) is 0 Å². The largest absolute Gasteiger partial charge is 0.378 e. The lowest BCUT2D eigenvalue weighted by molar-refractivity contribution is -0.525. The first-order chi connectivity index (χ1) is 7.49. The Morgan fingerprint density at radius 2 is 2.44 bits per heavy atom. The van der Waals surface area contributed by atoms with Gasteiger partial charge in [-0.1, -0.05) is 19.3 Å². The van der Waals surface area contributed by atoms with Gasteiger partial charge >= 0.3 is 0 Å². The number of guanidine groups is 1. The van der Waals surface area contributed by atoms with E-state index in [1.54, 1.807) is 0 Å². The summed E-state index contributed by atoms with van der Waals surface area (Å²) in [6, 6.07) is 0. The van der Waals surface area contributed by atoms with Gasteiger partial charge in [0.05, 0.1) is 12.7 Å². The highest BCUT2D eigenvalue weighted by atomic mass is 16.7. The third kappa shape index (κ3) is 4.01. The molecule has 1 rings (SSSR count). The molecule has 2 atom stereocenters. The molecule has 0 saturated carbocycles. The van der Waals surface area contributed by atoms with Gasteiger partial charge in [-0.2, -0.15) is 0 Å². The normalized spacial score (nSPS) is 26.1. The predicted molar refractivity (Wildman–Crippen MR) is 59.3 cm³/mol. The van der Waals surface area contributed by atoms with E-state index in [0.29, 0.717) is 25.0 Å². The molecular weight excluding hydrogens is 212 g/mol. The Labute approximate surface area is 94.2 Å². The fourth-order valence-corrected chi connectivity index (χ4v) is 1.67. The maximum Gasteiger partial charge on any atom is 0.251 e. The van der Waals surface area contributed by atoms with E-state index in [9.17, 15) is 10.1 Å². The van der Waals surface area contributed by atoms with Crippen LogP contribution in [0.25, 0.3) is 0 Å². The first kappa shape index (κ1) is 12.7. The van der Waals surface area contributed by atoms with Crippen molar-refractivity contribution < 1.29 is 9.77 Å². The summed E-state index contributed by atoms with van der Waals surface area (Å²) in [6.07, 6.45) is 1.21. The first-order valence-corrected chi connectivity index (χ1v) is 5.31. The summed E-state index contributed by atoms with van der Waals surface area (Å²) in [5.74, 6) is 0.640. The van der Waals surface area contributed by atoms with Gasteiger partial charge in [0, 0.05) is 12.5 Å². The smallest absolute Gasteiger partial charge is 0.251 e. The standard InChI is InChI=1S/C9H18N4O3/c1-6(2)8-3-7(5-16-8)4-11-9(10)12-13(14)15/h6-8H,3-5H2,1-2H3,(H3,10,11,12). The van der Waals surface area contributed by atoms with Crippen molar-refractivity contribution in [1.82, 2.24) is 5.43 Å². The zero-order valence-corrected chi connectivity index (χ0v) is 9.55. The van der Waals surface area contributed by atoms with E-state index in [1.165, 1.54) is 0 Å². The molecule has 1 heterocycles. The Bertz CT molecular complexity index is 280. The third-order valence-electron chi connectivity index (χ3n) is 2.58. The average molecular weight is 230 g/mol. The number of rotatable bonds is 4. The summed E-state index contributed by atoms with van der Waals surface area (Å²) >= 11 is 0. The van der Waals surface area contributed by atoms with E-state index in [4.69, 9.17) is 10.5 Å². The SMILES string of the molecule is CC(C)C1CC(CN=C(N)N[N+](=O)[O-])CO1. The number of aliphatic imine (C=N–C) groups is 1. The van der Waals surface area contributed by atoms with Crippen molar-refractivity contribution in [2.75, 3.05) is 13.2 Å². The highest BCUT2D eigenvalue weighted by Crippen LogP contribution is 2.24. The summed E-state index contributed by atoms with van der Waals surface area (Å²) < 4.78 is 5.58. The Balaban J connectivity index is 2.31.